The molecule has 0 saturated carbocycles. The van der Waals surface area contributed by atoms with E-state index in [1.54, 1.807) is 12.1 Å². The predicted octanol–water partition coefficient (Wildman–Crippen LogP) is 0.469. The van der Waals surface area contributed by atoms with Gasteiger partial charge in [-0.1, -0.05) is 42.2 Å². The molecule has 0 aliphatic rings. The summed E-state index contributed by atoms with van der Waals surface area (Å²) in [6.07, 6.45) is -2.92. The fourth-order valence-corrected chi connectivity index (χ4v) is 1.05. The zero-order valence-electron chi connectivity index (χ0n) is 9.46. The molecule has 88 valence electrons. The molecule has 0 aliphatic carbocycles. The SMILES string of the molecule is C[C@H](O)[C@H](O)C#CC#CC(O)c1ccccc1. The van der Waals surface area contributed by atoms with Crippen molar-refractivity contribution in [1.82, 2.24) is 0 Å². The number of aliphatic hydroxyl groups excluding tert-OH is 3. The second kappa shape index (κ2) is 6.73. The molecule has 17 heavy (non-hydrogen) atoms. The Morgan fingerprint density at radius 2 is 1.53 bits per heavy atom. The van der Waals surface area contributed by atoms with E-state index in [4.69, 9.17) is 10.2 Å². The van der Waals surface area contributed by atoms with E-state index in [-0.39, 0.29) is 0 Å². The van der Waals surface area contributed by atoms with Crippen LogP contribution >= 0.6 is 0 Å². The van der Waals surface area contributed by atoms with Crippen molar-refractivity contribution in [3.63, 3.8) is 0 Å². The summed E-state index contributed by atoms with van der Waals surface area (Å²) in [6.45, 7) is 1.44. The Labute approximate surface area is 101 Å². The average Bonchev–Trinajstić information content (AvgIpc) is 2.35. The van der Waals surface area contributed by atoms with Crippen LogP contribution in [-0.2, 0) is 0 Å². The molecular formula is C14H14O3. The number of benzene rings is 1. The third-order valence-electron chi connectivity index (χ3n) is 2.06. The van der Waals surface area contributed by atoms with Gasteiger partial charge in [0.1, 0.15) is 12.2 Å². The average molecular weight is 230 g/mol. The Morgan fingerprint density at radius 1 is 0.941 bits per heavy atom. The van der Waals surface area contributed by atoms with Crippen LogP contribution in [0.5, 0.6) is 0 Å². The third kappa shape index (κ3) is 4.72. The molecule has 1 aromatic carbocycles. The van der Waals surface area contributed by atoms with E-state index in [0.717, 1.165) is 0 Å². The van der Waals surface area contributed by atoms with E-state index in [2.05, 4.69) is 23.7 Å². The van der Waals surface area contributed by atoms with Crippen molar-refractivity contribution in [1.29, 1.82) is 0 Å². The molecule has 1 rings (SSSR count). The van der Waals surface area contributed by atoms with Crippen molar-refractivity contribution in [2.24, 2.45) is 0 Å². The maximum Gasteiger partial charge on any atom is 0.141 e. The van der Waals surface area contributed by atoms with Gasteiger partial charge in [-0.3, -0.25) is 0 Å². The predicted molar refractivity (Wildman–Crippen MR) is 64.6 cm³/mol. The highest BCUT2D eigenvalue weighted by Gasteiger charge is 2.05. The van der Waals surface area contributed by atoms with E-state index in [9.17, 15) is 5.11 Å². The fraction of sp³-hybridized carbons (Fsp3) is 0.286. The van der Waals surface area contributed by atoms with E-state index in [1.807, 2.05) is 18.2 Å². The zero-order chi connectivity index (χ0) is 12.7. The number of hydrogen-bond donors (Lipinski definition) is 3. The molecule has 0 spiro atoms. The van der Waals surface area contributed by atoms with Crippen LogP contribution in [0.15, 0.2) is 30.3 Å². The van der Waals surface area contributed by atoms with E-state index in [1.165, 1.54) is 6.92 Å². The van der Waals surface area contributed by atoms with Crippen LogP contribution in [-0.4, -0.2) is 27.5 Å². The molecule has 0 amide bonds. The molecule has 0 bridgehead atoms. The van der Waals surface area contributed by atoms with Crippen molar-refractivity contribution in [2.75, 3.05) is 0 Å². The molecule has 1 unspecified atom stereocenters. The van der Waals surface area contributed by atoms with Gasteiger partial charge in [-0.15, -0.1) is 0 Å². The van der Waals surface area contributed by atoms with Crippen molar-refractivity contribution >= 4 is 0 Å². The minimum Gasteiger partial charge on any atom is -0.390 e. The molecule has 3 heteroatoms. The molecular weight excluding hydrogens is 216 g/mol. The first-order chi connectivity index (χ1) is 8.11. The highest BCUT2D eigenvalue weighted by molar-refractivity contribution is 5.32. The molecule has 0 heterocycles. The fourth-order valence-electron chi connectivity index (χ4n) is 1.05. The lowest BCUT2D eigenvalue weighted by Crippen LogP contribution is -2.19. The van der Waals surface area contributed by atoms with Crippen LogP contribution < -0.4 is 0 Å². The zero-order valence-corrected chi connectivity index (χ0v) is 9.46. The van der Waals surface area contributed by atoms with Crippen molar-refractivity contribution in [3.05, 3.63) is 35.9 Å². The smallest absolute Gasteiger partial charge is 0.141 e. The first-order valence-electron chi connectivity index (χ1n) is 5.21. The van der Waals surface area contributed by atoms with E-state index >= 15 is 0 Å². The van der Waals surface area contributed by atoms with Crippen molar-refractivity contribution < 1.29 is 15.3 Å². The highest BCUT2D eigenvalue weighted by atomic mass is 16.3. The summed E-state index contributed by atoms with van der Waals surface area (Å²) in [7, 11) is 0. The molecule has 0 fully saturated rings. The summed E-state index contributed by atoms with van der Waals surface area (Å²) in [6, 6.07) is 8.99. The van der Waals surface area contributed by atoms with Gasteiger partial charge in [0.15, 0.2) is 0 Å². The second-order valence-electron chi connectivity index (χ2n) is 3.54. The Hall–Kier alpha value is -1.78. The second-order valence-corrected chi connectivity index (χ2v) is 3.54. The Balaban J connectivity index is 2.62. The molecule has 3 N–H and O–H groups in total. The standard InChI is InChI=1S/C14H14O3/c1-11(15)13(16)9-5-6-10-14(17)12-7-3-2-4-8-12/h2-4,7-8,11,13-17H,1H3/t11-,13+,14?/m0/s1. The summed E-state index contributed by atoms with van der Waals surface area (Å²) in [5.41, 5.74) is 0.692. The van der Waals surface area contributed by atoms with Crippen molar-refractivity contribution in [2.45, 2.75) is 25.2 Å². The largest absolute Gasteiger partial charge is 0.390 e. The third-order valence-corrected chi connectivity index (χ3v) is 2.06. The molecule has 0 radical (unpaired) electrons. The molecule has 1 aromatic rings. The van der Waals surface area contributed by atoms with Crippen LogP contribution in [0, 0.1) is 23.7 Å². The van der Waals surface area contributed by atoms with Gasteiger partial charge in [0.05, 0.1) is 6.10 Å². The van der Waals surface area contributed by atoms with Crippen LogP contribution in [0.3, 0.4) is 0 Å². The van der Waals surface area contributed by atoms with Crippen LogP contribution in [0.25, 0.3) is 0 Å². The molecule has 0 saturated heterocycles. The summed E-state index contributed by atoms with van der Waals surface area (Å²) in [5, 5.41) is 27.8. The van der Waals surface area contributed by atoms with E-state index in [0.29, 0.717) is 5.56 Å². The van der Waals surface area contributed by atoms with Gasteiger partial charge < -0.3 is 15.3 Å². The molecule has 3 nitrogen and oxygen atoms in total. The number of rotatable bonds is 2. The van der Waals surface area contributed by atoms with Gasteiger partial charge in [-0.25, -0.2) is 0 Å². The number of aliphatic hydroxyl groups is 3. The van der Waals surface area contributed by atoms with Crippen LogP contribution in [0.4, 0.5) is 0 Å². The molecule has 0 aromatic heterocycles. The van der Waals surface area contributed by atoms with E-state index < -0.39 is 18.3 Å². The Morgan fingerprint density at radius 3 is 2.12 bits per heavy atom. The topological polar surface area (TPSA) is 60.7 Å². The minimum absolute atomic E-state index is 0.692. The van der Waals surface area contributed by atoms with Gasteiger partial charge in [0, 0.05) is 0 Å². The van der Waals surface area contributed by atoms with Gasteiger partial charge in [0.2, 0.25) is 0 Å². The van der Waals surface area contributed by atoms with Crippen molar-refractivity contribution in [3.8, 4) is 23.7 Å². The lowest BCUT2D eigenvalue weighted by atomic mass is 10.1. The normalized spacial score (nSPS) is 14.6. The molecule has 0 aliphatic heterocycles. The Kier molecular flexibility index (Phi) is 5.26. The van der Waals surface area contributed by atoms with Crippen LogP contribution in [0.2, 0.25) is 0 Å². The van der Waals surface area contributed by atoms with Crippen LogP contribution in [0.1, 0.15) is 18.6 Å². The summed E-state index contributed by atoms with van der Waals surface area (Å²) in [4.78, 5) is 0. The van der Waals surface area contributed by atoms with Gasteiger partial charge in [-0.2, -0.15) is 0 Å². The molecule has 3 atom stereocenters. The maximum atomic E-state index is 9.64. The maximum absolute atomic E-state index is 9.64. The quantitative estimate of drug-likeness (QED) is 0.647. The minimum atomic E-state index is -1.11. The highest BCUT2D eigenvalue weighted by Crippen LogP contribution is 2.09. The lowest BCUT2D eigenvalue weighted by Gasteiger charge is -2.03. The first kappa shape index (κ1) is 13.3. The van der Waals surface area contributed by atoms with Gasteiger partial charge >= 0.3 is 0 Å². The summed E-state index contributed by atoms with van der Waals surface area (Å²) in [5.74, 6) is 9.72. The lowest BCUT2D eigenvalue weighted by molar-refractivity contribution is 0.0678. The summed E-state index contributed by atoms with van der Waals surface area (Å²) < 4.78 is 0. The van der Waals surface area contributed by atoms with Gasteiger partial charge in [-0.05, 0) is 24.3 Å². The Bertz CT molecular complexity index is 457. The van der Waals surface area contributed by atoms with Gasteiger partial charge in [0.25, 0.3) is 0 Å². The number of hydrogen-bond acceptors (Lipinski definition) is 3. The summed E-state index contributed by atoms with van der Waals surface area (Å²) >= 11 is 0. The monoisotopic (exact) mass is 230 g/mol. The first-order valence-corrected chi connectivity index (χ1v) is 5.21.